The van der Waals surface area contributed by atoms with Crippen molar-refractivity contribution in [3.63, 3.8) is 0 Å². The number of fused-ring (bicyclic) bond motifs is 7. The van der Waals surface area contributed by atoms with E-state index in [0.717, 1.165) is 25.0 Å². The second-order valence-electron chi connectivity index (χ2n) is 9.97. The smallest absolute Gasteiger partial charge is 0.243 e. The molecule has 5 unspecified atom stereocenters. The molecule has 4 nitrogen and oxygen atoms in total. The summed E-state index contributed by atoms with van der Waals surface area (Å²) in [6.07, 6.45) is 9.37. The van der Waals surface area contributed by atoms with E-state index in [1.165, 1.54) is 36.1 Å². The summed E-state index contributed by atoms with van der Waals surface area (Å²) in [6, 6.07) is 0. The first-order valence-corrected chi connectivity index (χ1v) is 10.6. The van der Waals surface area contributed by atoms with Gasteiger partial charge >= 0.3 is 0 Å². The lowest BCUT2D eigenvalue weighted by atomic mass is 9.47. The van der Waals surface area contributed by atoms with Gasteiger partial charge < -0.3 is 0 Å². The molecule has 5 atom stereocenters. The van der Waals surface area contributed by atoms with Crippen molar-refractivity contribution in [1.82, 2.24) is 9.78 Å². The maximum absolute atomic E-state index is 12.1. The molecule has 0 N–H and O–H groups in total. The molecule has 0 aromatic carbocycles. The van der Waals surface area contributed by atoms with E-state index in [-0.39, 0.29) is 16.7 Å². The molecule has 4 aliphatic carbocycles. The number of nitrogens with zero attached hydrogens (tertiary/aromatic N) is 2. The predicted octanol–water partition coefficient (Wildman–Crippen LogP) is 4.40. The average Bonchev–Trinajstić information content (AvgIpc) is 3.11. The second-order valence-corrected chi connectivity index (χ2v) is 9.97. The first kappa shape index (κ1) is 17.4. The summed E-state index contributed by atoms with van der Waals surface area (Å²) >= 11 is 0. The molecule has 27 heavy (non-hydrogen) atoms. The average molecular weight is 367 g/mol. The highest BCUT2D eigenvalue weighted by atomic mass is 16.2. The van der Waals surface area contributed by atoms with Gasteiger partial charge in [-0.05, 0) is 80.1 Å². The summed E-state index contributed by atoms with van der Waals surface area (Å²) in [4.78, 5) is 24.1. The van der Waals surface area contributed by atoms with Crippen molar-refractivity contribution in [2.75, 3.05) is 0 Å². The second kappa shape index (κ2) is 5.42. The quantitative estimate of drug-likeness (QED) is 0.684. The molecule has 1 aromatic rings. The summed E-state index contributed by atoms with van der Waals surface area (Å²) < 4.78 is 1.68. The van der Waals surface area contributed by atoms with Crippen LogP contribution in [0.1, 0.15) is 81.0 Å². The number of carbonyl (C=O) groups excluding carboxylic acids is 2. The van der Waals surface area contributed by atoms with Crippen LogP contribution in [0.4, 0.5) is 0 Å². The molecule has 0 saturated heterocycles. The monoisotopic (exact) mass is 366 g/mol. The molecule has 0 spiro atoms. The first-order chi connectivity index (χ1) is 12.8. The maximum atomic E-state index is 12.1. The van der Waals surface area contributed by atoms with E-state index in [4.69, 9.17) is 0 Å². The van der Waals surface area contributed by atoms with Gasteiger partial charge in [-0.25, -0.2) is 4.68 Å². The Bertz CT molecular complexity index is 894. The van der Waals surface area contributed by atoms with Crippen LogP contribution >= 0.6 is 0 Å². The van der Waals surface area contributed by atoms with Crippen LogP contribution in [-0.4, -0.2) is 21.5 Å². The number of allylic oxidation sites excluding steroid dienone is 2. The lowest BCUT2D eigenvalue weighted by Crippen LogP contribution is -2.51. The summed E-state index contributed by atoms with van der Waals surface area (Å²) in [5.74, 6) is 2.32. The van der Waals surface area contributed by atoms with Crippen LogP contribution in [0.5, 0.6) is 0 Å². The Morgan fingerprint density at radius 3 is 2.67 bits per heavy atom. The molecule has 0 aliphatic heterocycles. The van der Waals surface area contributed by atoms with Crippen LogP contribution in [0, 0.1) is 30.1 Å². The van der Waals surface area contributed by atoms with Crippen molar-refractivity contribution in [2.24, 2.45) is 23.2 Å². The minimum atomic E-state index is 0.0322. The number of carbonyl (C=O) groups is 2. The van der Waals surface area contributed by atoms with E-state index < -0.39 is 0 Å². The molecule has 0 bridgehead atoms. The lowest BCUT2D eigenvalue weighted by Gasteiger charge is -2.57. The third-order valence-electron chi connectivity index (χ3n) is 8.79. The number of hydrogen-bond donors (Lipinski definition) is 0. The summed E-state index contributed by atoms with van der Waals surface area (Å²) in [6.45, 7) is 8.55. The van der Waals surface area contributed by atoms with Crippen molar-refractivity contribution in [3.8, 4) is 0 Å². The van der Waals surface area contributed by atoms with Crippen molar-refractivity contribution in [1.29, 1.82) is 0 Å². The Kier molecular flexibility index (Phi) is 3.49. The summed E-state index contributed by atoms with van der Waals surface area (Å²) in [5, 5.41) is 4.58. The molecule has 144 valence electrons. The molecule has 4 aliphatic rings. The maximum Gasteiger partial charge on any atom is 0.243 e. The Morgan fingerprint density at radius 2 is 1.93 bits per heavy atom. The van der Waals surface area contributed by atoms with Gasteiger partial charge in [-0.1, -0.05) is 19.4 Å². The van der Waals surface area contributed by atoms with Crippen LogP contribution in [0.25, 0.3) is 0 Å². The zero-order chi connectivity index (χ0) is 19.1. The normalized spacial score (nSPS) is 39.9. The molecular weight excluding hydrogens is 336 g/mol. The molecular formula is C23H30N2O2. The van der Waals surface area contributed by atoms with Gasteiger partial charge in [0.1, 0.15) is 0 Å². The Hall–Kier alpha value is -1.71. The Morgan fingerprint density at radius 1 is 1.15 bits per heavy atom. The molecule has 1 heterocycles. The van der Waals surface area contributed by atoms with Crippen LogP contribution in [0.15, 0.2) is 11.6 Å². The predicted molar refractivity (Wildman–Crippen MR) is 104 cm³/mol. The van der Waals surface area contributed by atoms with Gasteiger partial charge in [-0.2, -0.15) is 5.10 Å². The van der Waals surface area contributed by atoms with Crippen molar-refractivity contribution >= 4 is 11.7 Å². The number of ketones is 1. The van der Waals surface area contributed by atoms with Crippen molar-refractivity contribution in [2.45, 2.75) is 78.1 Å². The van der Waals surface area contributed by atoms with Gasteiger partial charge in [-0.15, -0.1) is 0 Å². The van der Waals surface area contributed by atoms with Crippen molar-refractivity contribution in [3.05, 3.63) is 28.6 Å². The highest BCUT2D eigenvalue weighted by Crippen LogP contribution is 2.64. The molecule has 2 saturated carbocycles. The van der Waals surface area contributed by atoms with Gasteiger partial charge in [-0.3, -0.25) is 9.59 Å². The van der Waals surface area contributed by atoms with Gasteiger partial charge in [0.05, 0.1) is 11.4 Å². The Labute approximate surface area is 161 Å². The fourth-order valence-electron chi connectivity index (χ4n) is 7.54. The third-order valence-corrected chi connectivity index (χ3v) is 8.79. The third kappa shape index (κ3) is 2.13. The van der Waals surface area contributed by atoms with Gasteiger partial charge in [0.2, 0.25) is 5.91 Å². The zero-order valence-electron chi connectivity index (χ0n) is 17.0. The van der Waals surface area contributed by atoms with Crippen LogP contribution < -0.4 is 0 Å². The number of aryl methyl sites for hydroxylation is 1. The van der Waals surface area contributed by atoms with Crippen LogP contribution in [0.3, 0.4) is 0 Å². The Balaban J connectivity index is 1.56. The fourth-order valence-corrected chi connectivity index (χ4v) is 7.54. The highest BCUT2D eigenvalue weighted by Gasteiger charge is 2.59. The molecule has 0 amide bonds. The minimum absolute atomic E-state index is 0.0322. The molecule has 1 aromatic heterocycles. The molecule has 0 radical (unpaired) electrons. The SMILES string of the molecule is CC(=O)n1nc(C)c2c1CC1C3CCC4=CC(=O)CCC4(C)C3CCC21C. The zero-order valence-corrected chi connectivity index (χ0v) is 17.0. The van der Waals surface area contributed by atoms with Gasteiger partial charge in [0.15, 0.2) is 5.78 Å². The number of hydrogen-bond acceptors (Lipinski definition) is 3. The topological polar surface area (TPSA) is 52.0 Å². The molecule has 4 heteroatoms. The van der Waals surface area contributed by atoms with E-state index >= 15 is 0 Å². The summed E-state index contributed by atoms with van der Waals surface area (Å²) in [7, 11) is 0. The largest absolute Gasteiger partial charge is 0.295 e. The van der Waals surface area contributed by atoms with E-state index in [1.54, 1.807) is 11.6 Å². The van der Waals surface area contributed by atoms with E-state index in [0.29, 0.717) is 30.0 Å². The van der Waals surface area contributed by atoms with E-state index in [2.05, 4.69) is 25.9 Å². The number of aromatic nitrogens is 2. The summed E-state index contributed by atoms with van der Waals surface area (Å²) in [5.41, 5.74) is 5.37. The van der Waals surface area contributed by atoms with Gasteiger partial charge in [0.25, 0.3) is 0 Å². The highest BCUT2D eigenvalue weighted by molar-refractivity contribution is 5.91. The lowest BCUT2D eigenvalue weighted by molar-refractivity contribution is -0.117. The standard InChI is InChI=1S/C23H30N2O2/c1-13-21-20(25(24-13)14(2)26)12-19-17-6-5-15-11-16(27)7-9-22(15,3)18(17)8-10-23(19,21)4/h11,17-19H,5-10,12H2,1-4H3. The van der Waals surface area contributed by atoms with Crippen molar-refractivity contribution < 1.29 is 9.59 Å². The van der Waals surface area contributed by atoms with Crippen LogP contribution in [0.2, 0.25) is 0 Å². The van der Waals surface area contributed by atoms with Gasteiger partial charge in [0, 0.05) is 18.9 Å². The van der Waals surface area contributed by atoms with E-state index in [9.17, 15) is 9.59 Å². The first-order valence-electron chi connectivity index (χ1n) is 10.6. The number of rotatable bonds is 0. The van der Waals surface area contributed by atoms with Crippen LogP contribution in [-0.2, 0) is 16.6 Å². The molecule has 5 rings (SSSR count). The fraction of sp³-hybridized carbons (Fsp3) is 0.696. The molecule has 2 fully saturated rings. The van der Waals surface area contributed by atoms with E-state index in [1.807, 2.05) is 6.08 Å². The minimum Gasteiger partial charge on any atom is -0.295 e.